The van der Waals surface area contributed by atoms with Gasteiger partial charge in [-0.3, -0.25) is 4.99 Å². The lowest BCUT2D eigenvalue weighted by Crippen LogP contribution is -2.44. The number of aromatic hydroxyl groups is 1. The van der Waals surface area contributed by atoms with E-state index in [1.165, 1.54) is 28.7 Å². The minimum absolute atomic E-state index is 0.0924. The van der Waals surface area contributed by atoms with Crippen LogP contribution in [0.1, 0.15) is 71.7 Å². The number of aliphatic imine (C=N–C) groups is 2. The Hall–Kier alpha value is -2.10. The van der Waals surface area contributed by atoms with Gasteiger partial charge in [-0.2, -0.15) is 4.31 Å². The van der Waals surface area contributed by atoms with Gasteiger partial charge in [-0.25, -0.2) is 13.4 Å². The first-order valence-corrected chi connectivity index (χ1v) is 18.5. The Kier molecular flexibility index (Phi) is 12.4. The number of aryl methyl sites for hydroxylation is 1. The average molecular weight is 670 g/mol. The number of hydrogen-bond donors (Lipinski definition) is 3. The molecular formula is C30H51N7O4S3. The summed E-state index contributed by atoms with van der Waals surface area (Å²) in [5.74, 6) is 0.625. The fourth-order valence-electron chi connectivity index (χ4n) is 4.71. The molecule has 44 heavy (non-hydrogen) atoms. The van der Waals surface area contributed by atoms with Crippen LogP contribution in [0.5, 0.6) is 5.75 Å². The highest BCUT2D eigenvalue weighted by Gasteiger charge is 2.35. The minimum Gasteiger partial charge on any atom is -0.504 e. The van der Waals surface area contributed by atoms with Crippen LogP contribution >= 0.6 is 23.3 Å². The number of unbranched alkanes of at least 4 members (excludes halogenated alkanes) is 1. The predicted molar refractivity (Wildman–Crippen MR) is 184 cm³/mol. The van der Waals surface area contributed by atoms with Crippen molar-refractivity contribution >= 4 is 50.7 Å². The number of nitrogens with zero attached hydrogens (tertiary/aromatic N) is 5. The number of furan rings is 1. The predicted octanol–water partition coefficient (Wildman–Crippen LogP) is 5.08. The molecule has 0 aliphatic carbocycles. The third-order valence-electron chi connectivity index (χ3n) is 7.74. The van der Waals surface area contributed by atoms with Crippen molar-refractivity contribution in [2.45, 2.75) is 76.6 Å². The van der Waals surface area contributed by atoms with Crippen LogP contribution in [0, 0.1) is 5.41 Å². The van der Waals surface area contributed by atoms with E-state index in [4.69, 9.17) is 15.1 Å². The van der Waals surface area contributed by atoms with Gasteiger partial charge in [-0.1, -0.05) is 32.7 Å². The van der Waals surface area contributed by atoms with Crippen molar-refractivity contribution < 1.29 is 17.9 Å². The molecule has 0 unspecified atom stereocenters. The summed E-state index contributed by atoms with van der Waals surface area (Å²) in [7, 11) is -0.268. The summed E-state index contributed by atoms with van der Waals surface area (Å²) < 4.78 is 36.5. The van der Waals surface area contributed by atoms with Crippen molar-refractivity contribution in [1.82, 2.24) is 18.8 Å². The molecule has 0 radical (unpaired) electrons. The van der Waals surface area contributed by atoms with Gasteiger partial charge in [0.15, 0.2) is 21.6 Å². The third-order valence-corrected chi connectivity index (χ3v) is 11.7. The number of rotatable bonds is 11. The molecule has 1 aliphatic heterocycles. The lowest BCUT2D eigenvalue weighted by Gasteiger charge is -2.32. The summed E-state index contributed by atoms with van der Waals surface area (Å²) in [6.07, 6.45) is 6.78. The van der Waals surface area contributed by atoms with Crippen LogP contribution in [0.15, 0.2) is 36.3 Å². The minimum atomic E-state index is -3.93. The van der Waals surface area contributed by atoms with Gasteiger partial charge < -0.3 is 29.8 Å². The second-order valence-corrected chi connectivity index (χ2v) is 17.1. The first kappa shape index (κ1) is 36.4. The third kappa shape index (κ3) is 9.46. The summed E-state index contributed by atoms with van der Waals surface area (Å²) in [4.78, 5) is 14.2. The molecule has 1 fully saturated rings. The van der Waals surface area contributed by atoms with Gasteiger partial charge in [0.25, 0.3) is 10.0 Å². The second-order valence-electron chi connectivity index (χ2n) is 13.4. The molecule has 248 valence electrons. The highest BCUT2D eigenvalue weighted by Crippen LogP contribution is 2.42. The Labute approximate surface area is 272 Å². The van der Waals surface area contributed by atoms with Gasteiger partial charge in [0.2, 0.25) is 0 Å². The van der Waals surface area contributed by atoms with E-state index in [0.29, 0.717) is 0 Å². The van der Waals surface area contributed by atoms with Gasteiger partial charge in [0.05, 0.1) is 6.26 Å². The lowest BCUT2D eigenvalue weighted by molar-refractivity contribution is 0.152. The van der Waals surface area contributed by atoms with Crippen LogP contribution < -0.4 is 10.5 Å². The number of hydrogen-bond acceptors (Lipinski definition) is 10. The van der Waals surface area contributed by atoms with Crippen LogP contribution in [0.3, 0.4) is 0 Å². The number of thiophene rings is 1. The van der Waals surface area contributed by atoms with Crippen molar-refractivity contribution in [3.8, 4) is 5.75 Å². The topological polar surface area (TPSA) is 140 Å². The molecule has 14 heteroatoms. The van der Waals surface area contributed by atoms with Crippen LogP contribution in [-0.4, -0.2) is 97.9 Å². The van der Waals surface area contributed by atoms with Crippen molar-refractivity contribution in [2.75, 3.05) is 53.1 Å². The molecule has 0 bridgehead atoms. The lowest BCUT2D eigenvalue weighted by atomic mass is 9.85. The zero-order chi connectivity index (χ0) is 32.9. The van der Waals surface area contributed by atoms with E-state index in [-0.39, 0.29) is 27.0 Å². The SMILES string of the molecule is CSNC(=Nc1csc(S(=O)(=O)N(C)C(C)(C)C)c1O)C(N)=N[C@@H](c1cc(CCCCN2CCN(C)CC2)co1)C(C)(C)C. The highest BCUT2D eigenvalue weighted by atomic mass is 32.2. The Morgan fingerprint density at radius 2 is 1.86 bits per heavy atom. The number of nitrogens with two attached hydrogens (primary N) is 1. The summed E-state index contributed by atoms with van der Waals surface area (Å²) in [5.41, 5.74) is 6.74. The molecule has 3 heterocycles. The highest BCUT2D eigenvalue weighted by molar-refractivity contribution is 7.97. The number of nitrogens with one attached hydrogen (secondary N) is 1. The normalized spacial score (nSPS) is 17.4. The molecule has 1 aliphatic rings. The summed E-state index contributed by atoms with van der Waals surface area (Å²) in [6, 6.07) is 1.66. The summed E-state index contributed by atoms with van der Waals surface area (Å²) >= 11 is 2.18. The molecule has 0 aromatic carbocycles. The Morgan fingerprint density at radius 1 is 1.20 bits per heavy atom. The number of sulfonamides is 1. The van der Waals surface area contributed by atoms with Gasteiger partial charge in [0, 0.05) is 50.4 Å². The molecular weight excluding hydrogens is 619 g/mol. The largest absolute Gasteiger partial charge is 0.504 e. The maximum Gasteiger partial charge on any atom is 0.256 e. The number of likely N-dealkylation sites (N-methyl/N-ethyl adjacent to an activating group) is 1. The Balaban J connectivity index is 1.79. The van der Waals surface area contributed by atoms with Gasteiger partial charge >= 0.3 is 0 Å². The Morgan fingerprint density at radius 3 is 2.45 bits per heavy atom. The van der Waals surface area contributed by atoms with E-state index in [9.17, 15) is 13.5 Å². The monoisotopic (exact) mass is 669 g/mol. The van der Waals surface area contributed by atoms with E-state index in [1.54, 1.807) is 20.8 Å². The first-order valence-electron chi connectivity index (χ1n) is 14.9. The molecule has 0 saturated carbocycles. The van der Waals surface area contributed by atoms with Gasteiger partial charge in [-0.05, 0) is 70.7 Å². The molecule has 0 spiro atoms. The maximum absolute atomic E-state index is 13.2. The average Bonchev–Trinajstić information content (AvgIpc) is 3.55. The van der Waals surface area contributed by atoms with E-state index in [2.05, 4.69) is 53.4 Å². The molecule has 2 aromatic heterocycles. The molecule has 2 aromatic rings. The zero-order valence-corrected chi connectivity index (χ0v) is 30.1. The smallest absolute Gasteiger partial charge is 0.256 e. The quantitative estimate of drug-likeness (QED) is 0.129. The van der Waals surface area contributed by atoms with Crippen molar-refractivity contribution in [3.63, 3.8) is 0 Å². The molecule has 11 nitrogen and oxygen atoms in total. The standard InChI is InChI=1S/C30H51N7O4S3/c1-29(2,3)25(23-18-21(19-41-23)12-10-11-13-37-16-14-35(7)15-17-37)33-26(31)27(34-42-9)32-22-20-43-28(24(22)38)44(39,40)36(8)30(4,5)6/h18-20,25,38H,10-17H2,1-9H3,(H2,31,33)(H,32,34)/t25-/m0/s1. The van der Waals surface area contributed by atoms with Crippen molar-refractivity contribution in [2.24, 2.45) is 21.1 Å². The molecule has 0 amide bonds. The fraction of sp³-hybridized carbons (Fsp3) is 0.667. The van der Waals surface area contributed by atoms with Crippen LogP contribution in [0.4, 0.5) is 5.69 Å². The van der Waals surface area contributed by atoms with Crippen molar-refractivity contribution in [3.05, 3.63) is 29.0 Å². The van der Waals surface area contributed by atoms with Gasteiger partial charge in [0.1, 0.15) is 17.5 Å². The molecule has 1 saturated heterocycles. The number of amidine groups is 2. The summed E-state index contributed by atoms with van der Waals surface area (Å²) in [6.45, 7) is 17.2. The van der Waals surface area contributed by atoms with Gasteiger partial charge in [-0.15, -0.1) is 11.3 Å². The number of piperazine rings is 1. The Bertz CT molecular complexity index is 1400. The molecule has 1 atom stereocenters. The van der Waals surface area contributed by atoms with E-state index in [1.807, 2.05) is 12.5 Å². The van der Waals surface area contributed by atoms with Crippen LogP contribution in [-0.2, 0) is 16.4 Å². The van der Waals surface area contributed by atoms with E-state index in [0.717, 1.165) is 74.6 Å². The van der Waals surface area contributed by atoms with E-state index >= 15 is 0 Å². The zero-order valence-electron chi connectivity index (χ0n) is 27.7. The summed E-state index contributed by atoms with van der Waals surface area (Å²) in [5, 5.41) is 12.4. The second kappa shape index (κ2) is 15.0. The van der Waals surface area contributed by atoms with Crippen molar-refractivity contribution in [1.29, 1.82) is 0 Å². The molecule has 4 N–H and O–H groups in total. The van der Waals surface area contributed by atoms with Crippen LogP contribution in [0.2, 0.25) is 0 Å². The fourth-order valence-corrected chi connectivity index (χ4v) is 7.94. The first-order chi connectivity index (χ1) is 20.4. The maximum atomic E-state index is 13.2. The van der Waals surface area contributed by atoms with E-state index < -0.39 is 27.4 Å². The van der Waals surface area contributed by atoms with Crippen LogP contribution in [0.25, 0.3) is 0 Å². The molecule has 3 rings (SSSR count).